The molecule has 2 amide bonds. The van der Waals surface area contributed by atoms with Crippen molar-refractivity contribution >= 4 is 33.4 Å². The summed E-state index contributed by atoms with van der Waals surface area (Å²) in [6.45, 7) is 2.28. The standard InChI is InChI=1S/C19H19BrN2O2/c1-9-6-10(20)2-5-15(9)21-8-22-18(23)16-11-3-4-12(14-7-13(11)14)17(16)19(22)24/h2-6,11-14,16-17,21H,7-8H2,1H3/t11-,12-,13-,14-,16+,17+/m0/s1. The van der Waals surface area contributed by atoms with Crippen molar-refractivity contribution in [3.8, 4) is 0 Å². The number of halogens is 1. The summed E-state index contributed by atoms with van der Waals surface area (Å²) in [5.74, 6) is 1.73. The summed E-state index contributed by atoms with van der Waals surface area (Å²) in [7, 11) is 0. The monoisotopic (exact) mass is 386 g/mol. The maximum atomic E-state index is 12.9. The quantitative estimate of drug-likeness (QED) is 0.640. The second kappa shape index (κ2) is 4.94. The molecule has 4 nitrogen and oxygen atoms in total. The van der Waals surface area contributed by atoms with E-state index in [2.05, 4.69) is 33.4 Å². The van der Waals surface area contributed by atoms with Crippen molar-refractivity contribution in [3.05, 3.63) is 40.4 Å². The van der Waals surface area contributed by atoms with E-state index in [0.717, 1.165) is 15.7 Å². The van der Waals surface area contributed by atoms with Crippen molar-refractivity contribution < 1.29 is 9.59 Å². The lowest BCUT2D eigenvalue weighted by atomic mass is 9.63. The van der Waals surface area contributed by atoms with Crippen LogP contribution in [0.5, 0.6) is 0 Å². The van der Waals surface area contributed by atoms with E-state index in [9.17, 15) is 9.59 Å². The van der Waals surface area contributed by atoms with Crippen molar-refractivity contribution in [1.82, 2.24) is 4.90 Å². The van der Waals surface area contributed by atoms with Crippen LogP contribution in [0.1, 0.15) is 12.0 Å². The number of imide groups is 1. The zero-order chi connectivity index (χ0) is 16.6. The Bertz CT molecular complexity index is 754. The Kier molecular flexibility index (Phi) is 3.03. The SMILES string of the molecule is Cc1cc(Br)ccc1NCN1C(=O)[C@@H]2[C@H]3C=C[C@@H]([C@@H]4C[C@@H]34)[C@H]2C1=O. The van der Waals surface area contributed by atoms with E-state index in [4.69, 9.17) is 0 Å². The highest BCUT2D eigenvalue weighted by Crippen LogP contribution is 2.65. The van der Waals surface area contributed by atoms with Crippen molar-refractivity contribution in [2.24, 2.45) is 35.5 Å². The number of rotatable bonds is 3. The molecule has 5 heteroatoms. The van der Waals surface area contributed by atoms with Gasteiger partial charge < -0.3 is 5.32 Å². The van der Waals surface area contributed by atoms with Gasteiger partial charge in [-0.3, -0.25) is 14.5 Å². The van der Waals surface area contributed by atoms with Crippen molar-refractivity contribution in [1.29, 1.82) is 0 Å². The Morgan fingerprint density at radius 3 is 2.33 bits per heavy atom. The summed E-state index contributed by atoms with van der Waals surface area (Å²) in [5.41, 5.74) is 2.04. The number of carbonyl (C=O) groups excluding carboxylic acids is 2. The van der Waals surface area contributed by atoms with Gasteiger partial charge in [-0.25, -0.2) is 0 Å². The molecule has 1 N–H and O–H groups in total. The van der Waals surface area contributed by atoms with Crippen molar-refractivity contribution in [2.45, 2.75) is 13.3 Å². The van der Waals surface area contributed by atoms with Crippen molar-refractivity contribution in [3.63, 3.8) is 0 Å². The molecule has 6 rings (SSSR count). The number of nitrogens with zero attached hydrogens (tertiary/aromatic N) is 1. The minimum atomic E-state index is -0.107. The van der Waals surface area contributed by atoms with Gasteiger partial charge in [-0.2, -0.15) is 0 Å². The van der Waals surface area contributed by atoms with Gasteiger partial charge in [0.25, 0.3) is 0 Å². The van der Waals surface area contributed by atoms with E-state index in [1.54, 1.807) is 0 Å². The minimum absolute atomic E-state index is 0.0250. The summed E-state index contributed by atoms with van der Waals surface area (Å²) in [6.07, 6.45) is 5.62. The fraction of sp³-hybridized carbons (Fsp3) is 0.474. The average molecular weight is 387 g/mol. The molecule has 1 saturated heterocycles. The van der Waals surface area contributed by atoms with Crippen LogP contribution < -0.4 is 5.32 Å². The molecule has 0 aromatic heterocycles. The number of nitrogens with one attached hydrogen (secondary N) is 1. The normalized spacial score (nSPS) is 38.3. The van der Waals surface area contributed by atoms with Gasteiger partial charge in [-0.1, -0.05) is 28.1 Å². The molecule has 1 aromatic carbocycles. The van der Waals surface area contributed by atoms with E-state index in [1.807, 2.05) is 25.1 Å². The second-order valence-electron chi connectivity index (χ2n) is 7.55. The molecule has 4 aliphatic carbocycles. The molecule has 2 bridgehead atoms. The largest absolute Gasteiger partial charge is 0.367 e. The zero-order valence-electron chi connectivity index (χ0n) is 13.4. The third-order valence-corrected chi connectivity index (χ3v) is 6.86. The molecule has 1 aromatic rings. The number of hydrogen-bond donors (Lipinski definition) is 1. The first-order chi connectivity index (χ1) is 11.6. The van der Waals surface area contributed by atoms with E-state index >= 15 is 0 Å². The summed E-state index contributed by atoms with van der Waals surface area (Å²) in [6, 6.07) is 5.95. The molecule has 24 heavy (non-hydrogen) atoms. The molecule has 6 atom stereocenters. The number of benzene rings is 1. The van der Waals surface area contributed by atoms with Gasteiger partial charge in [0.15, 0.2) is 0 Å². The van der Waals surface area contributed by atoms with Crippen LogP contribution in [-0.4, -0.2) is 23.4 Å². The van der Waals surface area contributed by atoms with Crippen molar-refractivity contribution in [2.75, 3.05) is 12.0 Å². The third kappa shape index (κ3) is 1.91. The van der Waals surface area contributed by atoms with Crippen LogP contribution in [0.2, 0.25) is 0 Å². The lowest BCUT2D eigenvalue weighted by molar-refractivity contribution is -0.139. The fourth-order valence-corrected chi connectivity index (χ4v) is 5.64. The summed E-state index contributed by atoms with van der Waals surface area (Å²) < 4.78 is 1.02. The van der Waals surface area contributed by atoms with Gasteiger partial charge in [-0.05, 0) is 60.8 Å². The lowest BCUT2D eigenvalue weighted by Gasteiger charge is -2.37. The number of hydrogen-bond acceptors (Lipinski definition) is 3. The van der Waals surface area contributed by atoms with Gasteiger partial charge in [0.1, 0.15) is 0 Å². The predicted molar refractivity (Wildman–Crippen MR) is 93.9 cm³/mol. The van der Waals surface area contributed by atoms with E-state index in [1.165, 1.54) is 11.3 Å². The number of carbonyl (C=O) groups is 2. The number of amides is 2. The molecule has 3 fully saturated rings. The Hall–Kier alpha value is -1.62. The fourth-order valence-electron chi connectivity index (χ4n) is 5.16. The molecule has 0 spiro atoms. The first-order valence-electron chi connectivity index (χ1n) is 8.60. The van der Waals surface area contributed by atoms with Gasteiger partial charge in [-0.15, -0.1) is 0 Å². The van der Waals surface area contributed by atoms with Gasteiger partial charge in [0, 0.05) is 10.2 Å². The minimum Gasteiger partial charge on any atom is -0.367 e. The maximum Gasteiger partial charge on any atom is 0.235 e. The molecule has 0 radical (unpaired) electrons. The Labute approximate surface area is 149 Å². The highest BCUT2D eigenvalue weighted by atomic mass is 79.9. The highest BCUT2D eigenvalue weighted by Gasteiger charge is 2.66. The molecule has 1 aliphatic heterocycles. The molecule has 0 unspecified atom stereocenters. The Morgan fingerprint density at radius 1 is 1.12 bits per heavy atom. The van der Waals surface area contributed by atoms with Crippen LogP contribution >= 0.6 is 15.9 Å². The average Bonchev–Trinajstić information content (AvgIpc) is 3.33. The number of allylic oxidation sites excluding steroid dienone is 2. The zero-order valence-corrected chi connectivity index (χ0v) is 15.0. The van der Waals surface area contributed by atoms with E-state index in [0.29, 0.717) is 23.7 Å². The second-order valence-corrected chi connectivity index (χ2v) is 8.47. The predicted octanol–water partition coefficient (Wildman–Crippen LogP) is 3.18. The van der Waals surface area contributed by atoms with Gasteiger partial charge >= 0.3 is 0 Å². The molecule has 1 heterocycles. The summed E-state index contributed by atoms with van der Waals surface area (Å²) in [5, 5.41) is 3.27. The van der Waals surface area contributed by atoms with Crippen LogP contribution in [-0.2, 0) is 9.59 Å². The van der Waals surface area contributed by atoms with Crippen LogP contribution in [0.4, 0.5) is 5.69 Å². The van der Waals surface area contributed by atoms with Crippen LogP contribution in [0.15, 0.2) is 34.8 Å². The number of anilines is 1. The third-order valence-electron chi connectivity index (χ3n) is 6.37. The number of likely N-dealkylation sites (tertiary alicyclic amines) is 1. The molecular weight excluding hydrogens is 368 g/mol. The Morgan fingerprint density at radius 2 is 1.75 bits per heavy atom. The first kappa shape index (κ1) is 14.7. The number of aryl methyl sites for hydroxylation is 1. The topological polar surface area (TPSA) is 49.4 Å². The van der Waals surface area contributed by atoms with E-state index in [-0.39, 0.29) is 30.3 Å². The lowest BCUT2D eigenvalue weighted by Crippen LogP contribution is -2.40. The molecular formula is C19H19BrN2O2. The smallest absolute Gasteiger partial charge is 0.235 e. The molecule has 5 aliphatic rings. The summed E-state index contributed by atoms with van der Waals surface area (Å²) in [4.78, 5) is 27.2. The Balaban J connectivity index is 1.37. The van der Waals surface area contributed by atoms with Gasteiger partial charge in [0.2, 0.25) is 11.8 Å². The summed E-state index contributed by atoms with van der Waals surface area (Å²) >= 11 is 3.45. The highest BCUT2D eigenvalue weighted by molar-refractivity contribution is 9.10. The van der Waals surface area contributed by atoms with E-state index < -0.39 is 0 Å². The maximum absolute atomic E-state index is 12.9. The molecule has 124 valence electrons. The molecule has 2 saturated carbocycles. The van der Waals surface area contributed by atoms with Crippen LogP contribution in [0.3, 0.4) is 0 Å². The van der Waals surface area contributed by atoms with Crippen LogP contribution in [0.25, 0.3) is 0 Å². The van der Waals surface area contributed by atoms with Crippen LogP contribution in [0, 0.1) is 42.4 Å². The first-order valence-corrected chi connectivity index (χ1v) is 9.39. The van der Waals surface area contributed by atoms with Gasteiger partial charge in [0.05, 0.1) is 18.5 Å².